The van der Waals surface area contributed by atoms with Gasteiger partial charge in [0.15, 0.2) is 11.6 Å². The topological polar surface area (TPSA) is 70.4 Å². The first-order valence-electron chi connectivity index (χ1n) is 7.60. The molecule has 3 rings (SSSR count). The predicted molar refractivity (Wildman–Crippen MR) is 86.1 cm³/mol. The minimum Gasteiger partial charge on any atom is -0.484 e. The van der Waals surface area contributed by atoms with Gasteiger partial charge in [-0.15, -0.1) is 0 Å². The third-order valence-corrected chi connectivity index (χ3v) is 3.94. The minimum atomic E-state index is -1.01. The minimum absolute atomic E-state index is 0.0844. The van der Waals surface area contributed by atoms with Crippen molar-refractivity contribution in [1.29, 1.82) is 0 Å². The molecule has 8 heteroatoms. The van der Waals surface area contributed by atoms with Gasteiger partial charge in [0.25, 0.3) is 0 Å². The number of nitrogens with two attached hydrogens (primary N) is 1. The molecule has 1 aromatic carbocycles. The maximum absolute atomic E-state index is 14.4. The van der Waals surface area contributed by atoms with E-state index < -0.39 is 11.6 Å². The van der Waals surface area contributed by atoms with Crippen molar-refractivity contribution in [3.8, 4) is 5.75 Å². The molecule has 6 nitrogen and oxygen atoms in total. The summed E-state index contributed by atoms with van der Waals surface area (Å²) < 4.78 is 34.0. The van der Waals surface area contributed by atoms with Crippen molar-refractivity contribution in [2.75, 3.05) is 18.1 Å². The van der Waals surface area contributed by atoms with E-state index >= 15 is 0 Å². The van der Waals surface area contributed by atoms with Crippen molar-refractivity contribution >= 4 is 5.69 Å². The number of ether oxygens (including phenoxy) is 1. The summed E-state index contributed by atoms with van der Waals surface area (Å²) in [7, 11) is 0. The molecular weight excluding hydrogens is 316 g/mol. The zero-order valence-electron chi connectivity index (χ0n) is 13.2. The third-order valence-electron chi connectivity index (χ3n) is 3.94. The molecule has 128 valence electrons. The van der Waals surface area contributed by atoms with Crippen molar-refractivity contribution in [3.05, 3.63) is 54.1 Å². The van der Waals surface area contributed by atoms with Crippen LogP contribution in [0.15, 0.2) is 36.8 Å². The standard InChI is InChI=1S/C16H19F2N5O/c1-11(8-19)22-6-7-23(10-22)13-2-3-14(16(18)15(13)17)24-9-12-4-5-20-21-12/h2-7,11H,8-10,19H2,1H3,(H,20,21)/t11-/m0/s1. The molecule has 0 saturated heterocycles. The number of halogens is 2. The molecule has 2 heterocycles. The fraction of sp³-hybridized carbons (Fsp3) is 0.312. The molecule has 0 fully saturated rings. The first-order chi connectivity index (χ1) is 11.6. The van der Waals surface area contributed by atoms with Crippen molar-refractivity contribution in [2.24, 2.45) is 5.73 Å². The van der Waals surface area contributed by atoms with E-state index in [9.17, 15) is 8.78 Å². The second kappa shape index (κ2) is 6.88. The van der Waals surface area contributed by atoms with Crippen LogP contribution in [0.25, 0.3) is 0 Å². The van der Waals surface area contributed by atoms with Crippen LogP contribution in [-0.2, 0) is 6.61 Å². The van der Waals surface area contributed by atoms with E-state index in [1.165, 1.54) is 12.1 Å². The monoisotopic (exact) mass is 335 g/mol. The molecule has 0 saturated carbocycles. The Balaban J connectivity index is 1.72. The van der Waals surface area contributed by atoms with Crippen LogP contribution in [-0.4, -0.2) is 34.4 Å². The lowest BCUT2D eigenvalue weighted by atomic mass is 10.2. The van der Waals surface area contributed by atoms with Crippen LogP contribution in [0, 0.1) is 11.6 Å². The van der Waals surface area contributed by atoms with Crippen LogP contribution in [0.4, 0.5) is 14.5 Å². The number of benzene rings is 1. The van der Waals surface area contributed by atoms with E-state index in [4.69, 9.17) is 10.5 Å². The Kier molecular flexibility index (Phi) is 4.66. The molecule has 0 radical (unpaired) electrons. The zero-order chi connectivity index (χ0) is 17.1. The summed E-state index contributed by atoms with van der Waals surface area (Å²) in [6, 6.07) is 4.75. The average Bonchev–Trinajstić information content (AvgIpc) is 3.27. The number of nitrogens with one attached hydrogen (secondary N) is 1. The van der Waals surface area contributed by atoms with E-state index in [0.29, 0.717) is 18.9 Å². The molecular formula is C16H19F2N5O. The number of hydrogen-bond acceptors (Lipinski definition) is 5. The lowest BCUT2D eigenvalue weighted by Gasteiger charge is -2.26. The smallest absolute Gasteiger partial charge is 0.202 e. The molecule has 0 aliphatic carbocycles. The molecule has 1 aliphatic rings. The Morgan fingerprint density at radius 3 is 2.83 bits per heavy atom. The fourth-order valence-corrected chi connectivity index (χ4v) is 2.39. The summed E-state index contributed by atoms with van der Waals surface area (Å²) >= 11 is 0. The van der Waals surface area contributed by atoms with Gasteiger partial charge in [-0.1, -0.05) is 0 Å². The van der Waals surface area contributed by atoms with E-state index in [-0.39, 0.29) is 24.1 Å². The highest BCUT2D eigenvalue weighted by atomic mass is 19.2. The molecule has 0 unspecified atom stereocenters. The highest BCUT2D eigenvalue weighted by molar-refractivity contribution is 5.54. The Morgan fingerprint density at radius 1 is 1.29 bits per heavy atom. The van der Waals surface area contributed by atoms with Gasteiger partial charge >= 0.3 is 0 Å². The molecule has 3 N–H and O–H groups in total. The average molecular weight is 335 g/mol. The summed E-state index contributed by atoms with van der Waals surface area (Å²) in [6.07, 6.45) is 5.08. The van der Waals surface area contributed by atoms with Crippen LogP contribution in [0.2, 0.25) is 0 Å². The Bertz CT molecular complexity index is 720. The molecule has 1 aromatic heterocycles. The lowest BCUT2D eigenvalue weighted by Crippen LogP contribution is -2.37. The maximum Gasteiger partial charge on any atom is 0.202 e. The summed E-state index contributed by atoms with van der Waals surface area (Å²) in [5.41, 5.74) is 6.46. The Morgan fingerprint density at radius 2 is 2.12 bits per heavy atom. The molecule has 0 amide bonds. The number of hydrogen-bond donors (Lipinski definition) is 2. The van der Waals surface area contributed by atoms with Crippen LogP contribution in [0.1, 0.15) is 12.6 Å². The van der Waals surface area contributed by atoms with Crippen LogP contribution < -0.4 is 15.4 Å². The van der Waals surface area contributed by atoms with Crippen molar-refractivity contribution in [2.45, 2.75) is 19.6 Å². The number of anilines is 1. The number of rotatable bonds is 6. The van der Waals surface area contributed by atoms with Gasteiger partial charge < -0.3 is 20.3 Å². The molecule has 0 bridgehead atoms. The second-order valence-electron chi connectivity index (χ2n) is 5.59. The van der Waals surface area contributed by atoms with Gasteiger partial charge in [0.2, 0.25) is 5.82 Å². The van der Waals surface area contributed by atoms with Gasteiger partial charge in [-0.05, 0) is 25.1 Å². The molecule has 2 aromatic rings. The first-order valence-corrected chi connectivity index (χ1v) is 7.60. The van der Waals surface area contributed by atoms with Gasteiger partial charge in [0.05, 0.1) is 18.1 Å². The van der Waals surface area contributed by atoms with E-state index in [2.05, 4.69) is 10.2 Å². The van der Waals surface area contributed by atoms with E-state index in [1.54, 1.807) is 23.4 Å². The van der Waals surface area contributed by atoms with Crippen molar-refractivity contribution < 1.29 is 13.5 Å². The van der Waals surface area contributed by atoms with E-state index in [1.807, 2.05) is 18.0 Å². The molecule has 1 atom stereocenters. The number of nitrogens with zero attached hydrogens (tertiary/aromatic N) is 3. The van der Waals surface area contributed by atoms with Gasteiger partial charge in [0, 0.05) is 31.2 Å². The molecule has 1 aliphatic heterocycles. The van der Waals surface area contributed by atoms with Gasteiger partial charge in [-0.25, -0.2) is 4.39 Å². The third kappa shape index (κ3) is 3.18. The number of aromatic nitrogens is 2. The number of aromatic amines is 1. The summed E-state index contributed by atoms with van der Waals surface area (Å²) in [6.45, 7) is 2.96. The molecule has 0 spiro atoms. The normalized spacial score (nSPS) is 15.2. The predicted octanol–water partition coefficient (Wildman–Crippen LogP) is 2.16. The molecule has 24 heavy (non-hydrogen) atoms. The van der Waals surface area contributed by atoms with Crippen LogP contribution >= 0.6 is 0 Å². The van der Waals surface area contributed by atoms with Crippen LogP contribution in [0.3, 0.4) is 0 Å². The summed E-state index contributed by atoms with van der Waals surface area (Å²) in [4.78, 5) is 3.59. The van der Waals surface area contributed by atoms with Gasteiger partial charge in [-0.3, -0.25) is 5.10 Å². The largest absolute Gasteiger partial charge is 0.484 e. The summed E-state index contributed by atoms with van der Waals surface area (Å²) in [5, 5.41) is 6.46. The highest BCUT2D eigenvalue weighted by Crippen LogP contribution is 2.30. The van der Waals surface area contributed by atoms with Crippen molar-refractivity contribution in [1.82, 2.24) is 15.1 Å². The Hall–Kier alpha value is -2.61. The fourth-order valence-electron chi connectivity index (χ4n) is 2.39. The van der Waals surface area contributed by atoms with E-state index in [0.717, 1.165) is 0 Å². The van der Waals surface area contributed by atoms with Gasteiger partial charge in [-0.2, -0.15) is 9.49 Å². The summed E-state index contributed by atoms with van der Waals surface area (Å²) in [5.74, 6) is -2.09. The SMILES string of the molecule is C[C@@H](CN)N1C=CN(c2ccc(OCc3ccn[nH]3)c(F)c2F)C1. The van der Waals surface area contributed by atoms with Crippen LogP contribution in [0.5, 0.6) is 5.75 Å². The van der Waals surface area contributed by atoms with Crippen molar-refractivity contribution in [3.63, 3.8) is 0 Å². The maximum atomic E-state index is 14.4. The zero-order valence-corrected chi connectivity index (χ0v) is 13.2. The first kappa shape index (κ1) is 16.3. The Labute approximate surface area is 138 Å². The second-order valence-corrected chi connectivity index (χ2v) is 5.59. The lowest BCUT2D eigenvalue weighted by molar-refractivity contribution is 0.280. The highest BCUT2D eigenvalue weighted by Gasteiger charge is 2.23. The quantitative estimate of drug-likeness (QED) is 0.847. The number of H-pyrrole nitrogens is 1. The van der Waals surface area contributed by atoms with Gasteiger partial charge in [0.1, 0.15) is 6.61 Å².